The zero-order chi connectivity index (χ0) is 20.7. The highest BCUT2D eigenvalue weighted by molar-refractivity contribution is 6.22. The van der Waals surface area contributed by atoms with Gasteiger partial charge in [0, 0.05) is 0 Å². The fourth-order valence-corrected chi connectivity index (χ4v) is 3.48. The molecule has 0 saturated carbocycles. The largest absolute Gasteiger partial charge is 0.436 e. The molecular weight excluding hydrogens is 382 g/mol. The number of para-hydroxylation sites is 3. The molecule has 3 aromatic carbocycles. The number of hydrogen-bond donors (Lipinski definition) is 1. The van der Waals surface area contributed by atoms with Crippen molar-refractivity contribution in [2.75, 3.05) is 11.9 Å². The zero-order valence-corrected chi connectivity index (χ0v) is 15.7. The number of nitrogens with zero attached hydrogens (tertiary/aromatic N) is 2. The van der Waals surface area contributed by atoms with E-state index in [-0.39, 0.29) is 6.54 Å². The Bertz CT molecular complexity index is 1260. The molecule has 0 bridgehead atoms. The van der Waals surface area contributed by atoms with Crippen LogP contribution >= 0.6 is 0 Å². The van der Waals surface area contributed by atoms with Gasteiger partial charge in [0.05, 0.1) is 22.4 Å². The third-order valence-electron chi connectivity index (χ3n) is 4.91. The lowest BCUT2D eigenvalue weighted by Gasteiger charge is -2.14. The van der Waals surface area contributed by atoms with Gasteiger partial charge in [-0.25, -0.2) is 4.98 Å². The van der Waals surface area contributed by atoms with E-state index in [1.165, 1.54) is 0 Å². The van der Waals surface area contributed by atoms with Crippen molar-refractivity contribution in [1.29, 1.82) is 0 Å². The predicted molar refractivity (Wildman–Crippen MR) is 110 cm³/mol. The van der Waals surface area contributed by atoms with Crippen LogP contribution in [0.5, 0.6) is 0 Å². The molecule has 0 radical (unpaired) electrons. The van der Waals surface area contributed by atoms with E-state index in [0.717, 1.165) is 4.90 Å². The number of anilines is 1. The molecule has 4 aromatic rings. The maximum absolute atomic E-state index is 12.7. The van der Waals surface area contributed by atoms with E-state index in [2.05, 4.69) is 10.3 Å². The van der Waals surface area contributed by atoms with Crippen molar-refractivity contribution in [3.8, 4) is 11.5 Å². The normalized spacial score (nSPS) is 13.0. The number of oxazole rings is 1. The number of imide groups is 1. The molecule has 7 heteroatoms. The second-order valence-corrected chi connectivity index (χ2v) is 6.82. The van der Waals surface area contributed by atoms with E-state index in [4.69, 9.17) is 4.42 Å². The van der Waals surface area contributed by atoms with E-state index in [1.807, 2.05) is 30.3 Å². The van der Waals surface area contributed by atoms with Crippen LogP contribution < -0.4 is 5.32 Å². The van der Waals surface area contributed by atoms with Crippen molar-refractivity contribution in [3.05, 3.63) is 83.9 Å². The number of carbonyl (C=O) groups is 3. The third kappa shape index (κ3) is 2.93. The second kappa shape index (κ2) is 6.97. The average molecular weight is 397 g/mol. The summed E-state index contributed by atoms with van der Waals surface area (Å²) in [6, 6.07) is 21.0. The number of carbonyl (C=O) groups excluding carboxylic acids is 3. The van der Waals surface area contributed by atoms with Crippen LogP contribution in [0.4, 0.5) is 5.69 Å². The molecule has 2 heterocycles. The minimum absolute atomic E-state index is 0.308. The molecule has 0 atom stereocenters. The van der Waals surface area contributed by atoms with Crippen molar-refractivity contribution in [2.24, 2.45) is 0 Å². The Morgan fingerprint density at radius 2 is 1.43 bits per heavy atom. The lowest BCUT2D eigenvalue weighted by Crippen LogP contribution is -2.37. The highest BCUT2D eigenvalue weighted by Gasteiger charge is 2.36. The Kier molecular flexibility index (Phi) is 4.14. The van der Waals surface area contributed by atoms with Crippen molar-refractivity contribution in [3.63, 3.8) is 0 Å². The SMILES string of the molecule is O=C(CN1C(=O)c2ccccc2C1=O)Nc1ccccc1-c1nc2ccccc2o1. The molecule has 0 saturated heterocycles. The van der Waals surface area contributed by atoms with Gasteiger partial charge in [-0.2, -0.15) is 0 Å². The van der Waals surface area contributed by atoms with Gasteiger partial charge in [-0.15, -0.1) is 0 Å². The summed E-state index contributed by atoms with van der Waals surface area (Å²) in [5, 5.41) is 2.76. The topological polar surface area (TPSA) is 92.5 Å². The Balaban J connectivity index is 1.39. The molecule has 1 aromatic heterocycles. The minimum Gasteiger partial charge on any atom is -0.436 e. The molecule has 0 unspecified atom stereocenters. The fraction of sp³-hybridized carbons (Fsp3) is 0.0435. The van der Waals surface area contributed by atoms with Gasteiger partial charge in [0.2, 0.25) is 11.8 Å². The number of fused-ring (bicyclic) bond motifs is 2. The van der Waals surface area contributed by atoms with Gasteiger partial charge in [0.1, 0.15) is 12.1 Å². The number of nitrogens with one attached hydrogen (secondary N) is 1. The molecule has 1 N–H and O–H groups in total. The van der Waals surface area contributed by atoms with E-state index >= 15 is 0 Å². The zero-order valence-electron chi connectivity index (χ0n) is 15.7. The minimum atomic E-state index is -0.493. The Hall–Kier alpha value is -4.26. The van der Waals surface area contributed by atoms with Crippen LogP contribution in [0.15, 0.2) is 77.2 Å². The molecule has 0 fully saturated rings. The molecule has 7 nitrogen and oxygen atoms in total. The predicted octanol–water partition coefficient (Wildman–Crippen LogP) is 3.73. The monoisotopic (exact) mass is 397 g/mol. The van der Waals surface area contributed by atoms with E-state index < -0.39 is 17.7 Å². The van der Waals surface area contributed by atoms with E-state index in [9.17, 15) is 14.4 Å². The Labute approximate surface area is 170 Å². The van der Waals surface area contributed by atoms with Crippen LogP contribution in [-0.4, -0.2) is 34.2 Å². The molecule has 0 aliphatic carbocycles. The number of hydrogen-bond acceptors (Lipinski definition) is 5. The van der Waals surface area contributed by atoms with E-state index in [0.29, 0.717) is 39.4 Å². The molecule has 5 rings (SSSR count). The summed E-state index contributed by atoms with van der Waals surface area (Å²) in [7, 11) is 0. The first kappa shape index (κ1) is 17.8. The fourth-order valence-electron chi connectivity index (χ4n) is 3.48. The summed E-state index contributed by atoms with van der Waals surface area (Å²) in [5.41, 5.74) is 3.04. The van der Waals surface area contributed by atoms with Crippen molar-refractivity contribution >= 4 is 34.5 Å². The van der Waals surface area contributed by atoms with Crippen LogP contribution in [0.3, 0.4) is 0 Å². The van der Waals surface area contributed by atoms with Gasteiger partial charge >= 0.3 is 0 Å². The summed E-state index contributed by atoms with van der Waals surface area (Å²) in [5.74, 6) is -1.07. The highest BCUT2D eigenvalue weighted by Crippen LogP contribution is 2.30. The molecular formula is C23H15N3O4. The highest BCUT2D eigenvalue weighted by atomic mass is 16.3. The first-order valence-electron chi connectivity index (χ1n) is 9.32. The second-order valence-electron chi connectivity index (χ2n) is 6.82. The lowest BCUT2D eigenvalue weighted by atomic mass is 10.1. The summed E-state index contributed by atoms with van der Waals surface area (Å²) in [4.78, 5) is 43.0. The first-order valence-corrected chi connectivity index (χ1v) is 9.32. The number of rotatable bonds is 4. The van der Waals surface area contributed by atoms with Gasteiger partial charge in [0.15, 0.2) is 5.58 Å². The molecule has 1 aliphatic rings. The number of benzene rings is 3. The summed E-state index contributed by atoms with van der Waals surface area (Å²) in [6.07, 6.45) is 0. The van der Waals surface area contributed by atoms with Crippen LogP contribution in [0, 0.1) is 0 Å². The Morgan fingerprint density at radius 1 is 0.833 bits per heavy atom. The van der Waals surface area contributed by atoms with Gasteiger partial charge in [-0.1, -0.05) is 36.4 Å². The maximum atomic E-state index is 12.7. The Morgan fingerprint density at radius 3 is 2.13 bits per heavy atom. The van der Waals surface area contributed by atoms with Crippen LogP contribution in [0.25, 0.3) is 22.6 Å². The maximum Gasteiger partial charge on any atom is 0.262 e. The van der Waals surface area contributed by atoms with Crippen LogP contribution in [-0.2, 0) is 4.79 Å². The van der Waals surface area contributed by atoms with Gasteiger partial charge in [-0.05, 0) is 36.4 Å². The summed E-state index contributed by atoms with van der Waals surface area (Å²) < 4.78 is 5.81. The molecule has 146 valence electrons. The number of aromatic nitrogens is 1. The van der Waals surface area contributed by atoms with Crippen molar-refractivity contribution in [2.45, 2.75) is 0 Å². The molecule has 0 spiro atoms. The van der Waals surface area contributed by atoms with Crippen molar-refractivity contribution < 1.29 is 18.8 Å². The number of amides is 3. The van der Waals surface area contributed by atoms with Crippen LogP contribution in [0.2, 0.25) is 0 Å². The average Bonchev–Trinajstić information content (AvgIpc) is 3.30. The van der Waals surface area contributed by atoms with E-state index in [1.54, 1.807) is 42.5 Å². The molecule has 1 aliphatic heterocycles. The standard InChI is InChI=1S/C23H15N3O4/c27-20(13-26-22(28)14-7-1-2-8-15(14)23(26)29)24-17-10-4-3-9-16(17)21-25-18-11-5-6-12-19(18)30-21/h1-12H,13H2,(H,24,27). The van der Waals surface area contributed by atoms with Gasteiger partial charge in [-0.3, -0.25) is 19.3 Å². The first-order chi connectivity index (χ1) is 14.6. The summed E-state index contributed by atoms with van der Waals surface area (Å²) >= 11 is 0. The van der Waals surface area contributed by atoms with Crippen LogP contribution in [0.1, 0.15) is 20.7 Å². The lowest BCUT2D eigenvalue weighted by molar-refractivity contribution is -0.116. The molecule has 3 amide bonds. The van der Waals surface area contributed by atoms with Crippen molar-refractivity contribution in [1.82, 2.24) is 9.88 Å². The summed E-state index contributed by atoms with van der Waals surface area (Å²) in [6.45, 7) is -0.381. The molecule has 30 heavy (non-hydrogen) atoms. The third-order valence-corrected chi connectivity index (χ3v) is 4.91. The van der Waals surface area contributed by atoms with Gasteiger partial charge in [0.25, 0.3) is 11.8 Å². The quantitative estimate of drug-likeness (QED) is 0.530. The van der Waals surface area contributed by atoms with Gasteiger partial charge < -0.3 is 9.73 Å². The smallest absolute Gasteiger partial charge is 0.262 e.